The van der Waals surface area contributed by atoms with Gasteiger partial charge in [-0.2, -0.15) is 0 Å². The smallest absolute Gasteiger partial charge is 0.310 e. The van der Waals surface area contributed by atoms with Crippen molar-refractivity contribution in [2.24, 2.45) is 46.3 Å². The quantitative estimate of drug-likeness (QED) is 0.509. The highest BCUT2D eigenvalue weighted by molar-refractivity contribution is 5.76. The number of benzene rings is 1. The van der Waals surface area contributed by atoms with Crippen LogP contribution in [0.3, 0.4) is 0 Å². The number of hydrogen-bond donors (Lipinski definition) is 1. The average molecular weight is 437 g/mol. The topological polar surface area (TPSA) is 37.3 Å². The molecule has 0 spiro atoms. The van der Waals surface area contributed by atoms with Crippen molar-refractivity contribution >= 4 is 5.97 Å². The molecule has 2 unspecified atom stereocenters. The monoisotopic (exact) mass is 436 g/mol. The van der Waals surface area contributed by atoms with Crippen LogP contribution in [-0.4, -0.2) is 11.1 Å². The minimum absolute atomic E-state index is 0.373. The first-order valence-electron chi connectivity index (χ1n) is 13.6. The van der Waals surface area contributed by atoms with E-state index in [9.17, 15) is 9.90 Å². The van der Waals surface area contributed by atoms with Crippen LogP contribution in [0.2, 0.25) is 0 Å². The molecule has 2 heteroatoms. The lowest BCUT2D eigenvalue weighted by Crippen LogP contribution is -2.53. The van der Waals surface area contributed by atoms with Gasteiger partial charge in [-0.15, -0.1) is 0 Å². The number of carboxylic acids is 1. The highest BCUT2D eigenvalue weighted by atomic mass is 16.4. The van der Waals surface area contributed by atoms with Gasteiger partial charge in [-0.05, 0) is 110 Å². The van der Waals surface area contributed by atoms with Crippen molar-refractivity contribution < 1.29 is 9.90 Å². The molecular weight excluding hydrogens is 392 g/mol. The summed E-state index contributed by atoms with van der Waals surface area (Å²) in [6, 6.07) is 9.94. The molecule has 0 aromatic heterocycles. The van der Waals surface area contributed by atoms with Gasteiger partial charge in [-0.1, -0.05) is 63.9 Å². The highest BCUT2D eigenvalue weighted by Crippen LogP contribution is 2.68. The zero-order valence-corrected chi connectivity index (χ0v) is 20.6. The Hall–Kier alpha value is -1.31. The standard InChI is InChI=1S/C30H44O2/c1-20(19-24(28(31)32)21-9-5-4-6-10-21)25-14-15-26-23-13-12-22-11-7-8-17-29(22,2)27(23)16-18-30(25,26)3/h4-6,9-10,20,22-27H,7-8,11-19H2,1-3H3,(H,31,32)/t20-,22?,23+,24?,25-,26+,27+,29+,30-/m1/s1. The van der Waals surface area contributed by atoms with Gasteiger partial charge in [-0.3, -0.25) is 4.79 Å². The molecule has 0 heterocycles. The van der Waals surface area contributed by atoms with Gasteiger partial charge in [0.15, 0.2) is 0 Å². The number of hydrogen-bond acceptors (Lipinski definition) is 1. The molecule has 4 saturated carbocycles. The van der Waals surface area contributed by atoms with Crippen LogP contribution in [0.1, 0.15) is 103 Å². The number of rotatable bonds is 5. The average Bonchev–Trinajstić information content (AvgIpc) is 3.14. The van der Waals surface area contributed by atoms with E-state index in [1.54, 1.807) is 0 Å². The van der Waals surface area contributed by atoms with Crippen LogP contribution in [0.25, 0.3) is 0 Å². The summed E-state index contributed by atoms with van der Waals surface area (Å²) in [5, 5.41) is 10.0. The fourth-order valence-corrected chi connectivity index (χ4v) is 9.87. The van der Waals surface area contributed by atoms with E-state index in [4.69, 9.17) is 0 Å². The Morgan fingerprint density at radius 2 is 1.69 bits per heavy atom. The second-order valence-electron chi connectivity index (χ2n) is 12.6. The van der Waals surface area contributed by atoms with E-state index in [0.29, 0.717) is 22.7 Å². The van der Waals surface area contributed by atoms with Gasteiger partial charge in [0.1, 0.15) is 0 Å². The van der Waals surface area contributed by atoms with E-state index < -0.39 is 5.97 Å². The second kappa shape index (κ2) is 8.48. The Balaban J connectivity index is 1.34. The zero-order valence-electron chi connectivity index (χ0n) is 20.6. The van der Waals surface area contributed by atoms with Gasteiger partial charge in [0.25, 0.3) is 0 Å². The molecular formula is C30H44O2. The lowest BCUT2D eigenvalue weighted by molar-refractivity contribution is -0.139. The molecule has 4 aliphatic rings. The molecule has 0 saturated heterocycles. The molecule has 1 N–H and O–H groups in total. The Morgan fingerprint density at radius 3 is 2.44 bits per heavy atom. The first-order chi connectivity index (χ1) is 15.3. The summed E-state index contributed by atoms with van der Waals surface area (Å²) in [6.45, 7) is 7.64. The van der Waals surface area contributed by atoms with Crippen molar-refractivity contribution in [1.82, 2.24) is 0 Å². The first-order valence-corrected chi connectivity index (χ1v) is 13.6. The van der Waals surface area contributed by atoms with E-state index in [1.807, 2.05) is 30.3 Å². The maximum absolute atomic E-state index is 12.2. The zero-order chi connectivity index (χ0) is 22.5. The first kappa shape index (κ1) is 22.5. The third-order valence-electron chi connectivity index (χ3n) is 11.5. The van der Waals surface area contributed by atoms with Gasteiger partial charge < -0.3 is 5.11 Å². The van der Waals surface area contributed by atoms with Crippen molar-refractivity contribution in [2.75, 3.05) is 0 Å². The SMILES string of the molecule is C[C@H](CC(C(=O)O)c1ccccc1)[C@H]1CC[C@H]2[C@@H]3CCC4CCCC[C@]4(C)[C@H]3CC[C@]12C. The van der Waals surface area contributed by atoms with Crippen LogP contribution in [0.4, 0.5) is 0 Å². The summed E-state index contributed by atoms with van der Waals surface area (Å²) >= 11 is 0. The van der Waals surface area contributed by atoms with Crippen molar-refractivity contribution in [3.63, 3.8) is 0 Å². The van der Waals surface area contributed by atoms with Gasteiger partial charge in [0.2, 0.25) is 0 Å². The number of carboxylic acid groups (broad SMARTS) is 1. The molecule has 0 bridgehead atoms. The van der Waals surface area contributed by atoms with Crippen molar-refractivity contribution in [2.45, 2.75) is 97.3 Å². The lowest BCUT2D eigenvalue weighted by Gasteiger charge is -2.61. The van der Waals surface area contributed by atoms with Crippen LogP contribution in [0, 0.1) is 46.3 Å². The largest absolute Gasteiger partial charge is 0.481 e. The van der Waals surface area contributed by atoms with Crippen LogP contribution >= 0.6 is 0 Å². The molecule has 0 aliphatic heterocycles. The molecule has 176 valence electrons. The van der Waals surface area contributed by atoms with Crippen LogP contribution in [0.5, 0.6) is 0 Å². The Labute approximate surface area is 195 Å². The Bertz CT molecular complexity index is 817. The molecule has 4 fully saturated rings. The maximum Gasteiger partial charge on any atom is 0.310 e. The third kappa shape index (κ3) is 3.55. The number of aliphatic carboxylic acids is 1. The van der Waals surface area contributed by atoms with Crippen LogP contribution in [0.15, 0.2) is 30.3 Å². The maximum atomic E-state index is 12.2. The molecule has 4 aliphatic carbocycles. The summed E-state index contributed by atoms with van der Waals surface area (Å²) < 4.78 is 0. The molecule has 9 atom stereocenters. The normalized spacial score (nSPS) is 42.9. The minimum atomic E-state index is -0.657. The van der Waals surface area contributed by atoms with E-state index in [2.05, 4.69) is 20.8 Å². The van der Waals surface area contributed by atoms with Crippen molar-refractivity contribution in [1.29, 1.82) is 0 Å². The fourth-order valence-electron chi connectivity index (χ4n) is 9.87. The molecule has 1 aromatic carbocycles. The molecule has 32 heavy (non-hydrogen) atoms. The Kier molecular flexibility index (Phi) is 5.96. The van der Waals surface area contributed by atoms with E-state index in [-0.39, 0.29) is 5.92 Å². The second-order valence-corrected chi connectivity index (χ2v) is 12.6. The van der Waals surface area contributed by atoms with Crippen LogP contribution < -0.4 is 0 Å². The summed E-state index contributed by atoms with van der Waals surface area (Å²) in [5.74, 6) is 3.84. The van der Waals surface area contributed by atoms with Gasteiger partial charge in [0, 0.05) is 0 Å². The lowest BCUT2D eigenvalue weighted by atomic mass is 9.44. The molecule has 0 radical (unpaired) electrons. The predicted octanol–water partition coefficient (Wildman–Crippen LogP) is 7.93. The van der Waals surface area contributed by atoms with E-state index >= 15 is 0 Å². The van der Waals surface area contributed by atoms with Crippen molar-refractivity contribution in [3.05, 3.63) is 35.9 Å². The fraction of sp³-hybridized carbons (Fsp3) is 0.767. The van der Waals surface area contributed by atoms with E-state index in [0.717, 1.165) is 35.7 Å². The predicted molar refractivity (Wildman–Crippen MR) is 130 cm³/mol. The summed E-state index contributed by atoms with van der Waals surface area (Å²) in [6.07, 6.45) is 15.1. The van der Waals surface area contributed by atoms with Gasteiger partial charge >= 0.3 is 5.97 Å². The van der Waals surface area contributed by atoms with E-state index in [1.165, 1.54) is 64.2 Å². The van der Waals surface area contributed by atoms with Crippen LogP contribution in [-0.2, 0) is 4.79 Å². The molecule has 5 rings (SSSR count). The highest BCUT2D eigenvalue weighted by Gasteiger charge is 2.60. The minimum Gasteiger partial charge on any atom is -0.481 e. The summed E-state index contributed by atoms with van der Waals surface area (Å²) in [5.41, 5.74) is 1.99. The van der Waals surface area contributed by atoms with Gasteiger partial charge in [-0.25, -0.2) is 0 Å². The third-order valence-corrected chi connectivity index (χ3v) is 11.5. The number of fused-ring (bicyclic) bond motifs is 5. The van der Waals surface area contributed by atoms with Crippen molar-refractivity contribution in [3.8, 4) is 0 Å². The molecule has 2 nitrogen and oxygen atoms in total. The van der Waals surface area contributed by atoms with Gasteiger partial charge in [0.05, 0.1) is 5.92 Å². The summed E-state index contributed by atoms with van der Waals surface area (Å²) in [4.78, 5) is 12.2. The molecule has 0 amide bonds. The molecule has 1 aromatic rings. The summed E-state index contributed by atoms with van der Waals surface area (Å²) in [7, 11) is 0. The number of carbonyl (C=O) groups is 1. The Morgan fingerprint density at radius 1 is 0.938 bits per heavy atom.